The molecule has 0 unspecified atom stereocenters. The lowest BCUT2D eigenvalue weighted by Crippen LogP contribution is -2.00. The number of ether oxygens (including phenoxy) is 1. The lowest BCUT2D eigenvalue weighted by molar-refractivity contribution is 0.306. The van der Waals surface area contributed by atoms with Crippen LogP contribution in [0.1, 0.15) is 32.6 Å². The Bertz CT molecular complexity index is 2180. The lowest BCUT2D eigenvalue weighted by Gasteiger charge is -2.16. The average molecular weight is 743 g/mol. The van der Waals surface area contributed by atoms with Crippen LogP contribution in [0.25, 0.3) is 66.6 Å². The molecule has 2 heterocycles. The molecule has 7 rings (SSSR count). The van der Waals surface area contributed by atoms with Crippen molar-refractivity contribution in [3.05, 3.63) is 136 Å². The molecule has 0 atom stereocenters. The summed E-state index contributed by atoms with van der Waals surface area (Å²) in [5.41, 5.74) is 10.2. The average Bonchev–Trinajstić information content (AvgIpc) is 3.11. The van der Waals surface area contributed by atoms with Crippen LogP contribution in [-0.4, -0.2) is 16.6 Å². The van der Waals surface area contributed by atoms with Gasteiger partial charge in [-0.05, 0) is 95.4 Å². The maximum absolute atomic E-state index is 6.51. The Morgan fingerprint density at radius 2 is 1.09 bits per heavy atom. The van der Waals surface area contributed by atoms with Gasteiger partial charge >= 0.3 is 0 Å². The Morgan fingerprint density at radius 3 is 1.68 bits per heavy atom. The van der Waals surface area contributed by atoms with Crippen molar-refractivity contribution in [3.8, 4) is 50.5 Å². The van der Waals surface area contributed by atoms with Crippen molar-refractivity contribution in [2.24, 2.45) is 0 Å². The molecule has 7 aromatic rings. The van der Waals surface area contributed by atoms with Crippen molar-refractivity contribution in [1.82, 2.24) is 9.97 Å². The Balaban J connectivity index is 1.41. The fourth-order valence-electron chi connectivity index (χ4n) is 6.12. The molecule has 47 heavy (non-hydrogen) atoms. The van der Waals surface area contributed by atoms with Crippen molar-refractivity contribution < 1.29 is 4.74 Å². The highest BCUT2D eigenvalue weighted by Gasteiger charge is 2.17. The SMILES string of the molecule is CCCCCCOc1ccc(-c2cc(-c3ccccc3)c3cc(Br)ccc3n2)cc1-c1cc(-c2ccccc2)c2cc(Br)ccc2n1. The minimum absolute atomic E-state index is 0.666. The van der Waals surface area contributed by atoms with Gasteiger partial charge in [0, 0.05) is 30.8 Å². The molecule has 0 bridgehead atoms. The zero-order chi connectivity index (χ0) is 32.2. The summed E-state index contributed by atoms with van der Waals surface area (Å²) in [6, 6.07) is 44.5. The molecule has 0 radical (unpaired) electrons. The fourth-order valence-corrected chi connectivity index (χ4v) is 6.84. The number of hydrogen-bond acceptors (Lipinski definition) is 3. The summed E-state index contributed by atoms with van der Waals surface area (Å²) >= 11 is 7.35. The van der Waals surface area contributed by atoms with Crippen molar-refractivity contribution >= 4 is 53.7 Å². The number of halogens is 2. The van der Waals surface area contributed by atoms with Gasteiger partial charge in [-0.2, -0.15) is 0 Å². The van der Waals surface area contributed by atoms with Crippen LogP contribution >= 0.6 is 31.9 Å². The second kappa shape index (κ2) is 14.2. The van der Waals surface area contributed by atoms with E-state index in [4.69, 9.17) is 14.7 Å². The number of fused-ring (bicyclic) bond motifs is 2. The first-order chi connectivity index (χ1) is 23.1. The molecule has 0 aliphatic rings. The first-order valence-corrected chi connectivity index (χ1v) is 17.7. The molecule has 232 valence electrons. The van der Waals surface area contributed by atoms with Crippen LogP contribution in [0.3, 0.4) is 0 Å². The zero-order valence-corrected chi connectivity index (χ0v) is 29.4. The summed E-state index contributed by atoms with van der Waals surface area (Å²) in [6.07, 6.45) is 4.58. The minimum atomic E-state index is 0.666. The summed E-state index contributed by atoms with van der Waals surface area (Å²) in [7, 11) is 0. The predicted molar refractivity (Wildman–Crippen MR) is 204 cm³/mol. The fraction of sp³-hybridized carbons (Fsp3) is 0.143. The van der Waals surface area contributed by atoms with Gasteiger partial charge in [0.05, 0.1) is 29.0 Å². The Kier molecular flexibility index (Phi) is 9.46. The number of hydrogen-bond donors (Lipinski definition) is 0. The largest absolute Gasteiger partial charge is 0.493 e. The van der Waals surface area contributed by atoms with E-state index < -0.39 is 0 Å². The van der Waals surface area contributed by atoms with Crippen molar-refractivity contribution in [1.29, 1.82) is 0 Å². The Labute approximate surface area is 293 Å². The molecule has 3 nitrogen and oxygen atoms in total. The molecule has 0 spiro atoms. The van der Waals surface area contributed by atoms with Gasteiger partial charge in [-0.1, -0.05) is 119 Å². The van der Waals surface area contributed by atoms with Crippen LogP contribution in [-0.2, 0) is 0 Å². The highest BCUT2D eigenvalue weighted by molar-refractivity contribution is 9.10. The number of unbranched alkanes of at least 4 members (excludes halogenated alkanes) is 3. The molecule has 0 amide bonds. The highest BCUT2D eigenvalue weighted by Crippen LogP contribution is 2.40. The van der Waals surface area contributed by atoms with E-state index >= 15 is 0 Å². The standard InChI is InChI=1S/C42H34Br2N2O/c1-2-3-4-11-22-47-42-21-16-30(40-26-33(28-12-7-5-8-13-28)35-24-31(43)17-19-38(35)45-40)23-37(42)41-27-34(29-14-9-6-10-15-29)36-25-32(44)18-20-39(36)46-41/h5-10,12-21,23-27H,2-4,11,22H2,1H3. The van der Waals surface area contributed by atoms with Crippen LogP contribution in [0.5, 0.6) is 5.75 Å². The molecule has 5 aromatic carbocycles. The molecule has 0 fully saturated rings. The van der Waals surface area contributed by atoms with Crippen molar-refractivity contribution in [3.63, 3.8) is 0 Å². The number of nitrogens with zero attached hydrogens (tertiary/aromatic N) is 2. The van der Waals surface area contributed by atoms with Crippen molar-refractivity contribution in [2.75, 3.05) is 6.61 Å². The predicted octanol–water partition coefficient (Wildman–Crippen LogP) is 12.9. The summed E-state index contributed by atoms with van der Waals surface area (Å²) in [5, 5.41) is 2.21. The first kappa shape index (κ1) is 31.3. The Hall–Kier alpha value is -4.32. The lowest BCUT2D eigenvalue weighted by atomic mass is 9.95. The molecule has 0 aliphatic heterocycles. The topological polar surface area (TPSA) is 35.0 Å². The van der Waals surface area contributed by atoms with Crippen LogP contribution in [0.15, 0.2) is 136 Å². The van der Waals surface area contributed by atoms with E-state index in [0.29, 0.717) is 6.61 Å². The third-order valence-corrected chi connectivity index (χ3v) is 9.50. The van der Waals surface area contributed by atoms with E-state index in [0.717, 1.165) is 94.1 Å². The molecule has 0 saturated heterocycles. The number of rotatable bonds is 10. The minimum Gasteiger partial charge on any atom is -0.493 e. The van der Waals surface area contributed by atoms with E-state index in [9.17, 15) is 0 Å². The summed E-state index contributed by atoms with van der Waals surface area (Å²) in [4.78, 5) is 10.4. The maximum atomic E-state index is 6.51. The third kappa shape index (κ3) is 6.88. The Morgan fingerprint density at radius 1 is 0.511 bits per heavy atom. The second-order valence-corrected chi connectivity index (χ2v) is 13.6. The van der Waals surface area contributed by atoms with Crippen LogP contribution in [0, 0.1) is 0 Å². The van der Waals surface area contributed by atoms with Gasteiger partial charge in [0.25, 0.3) is 0 Å². The van der Waals surface area contributed by atoms with Gasteiger partial charge in [-0.3, -0.25) is 0 Å². The van der Waals surface area contributed by atoms with E-state index in [1.54, 1.807) is 0 Å². The number of benzene rings is 5. The molecular formula is C42H34Br2N2O. The van der Waals surface area contributed by atoms with E-state index in [1.807, 2.05) is 0 Å². The van der Waals surface area contributed by atoms with E-state index in [-0.39, 0.29) is 0 Å². The van der Waals surface area contributed by atoms with Crippen LogP contribution in [0.4, 0.5) is 0 Å². The molecule has 2 aromatic heterocycles. The van der Waals surface area contributed by atoms with Gasteiger partial charge in [0.1, 0.15) is 5.75 Å². The van der Waals surface area contributed by atoms with E-state index in [1.165, 1.54) is 12.8 Å². The second-order valence-electron chi connectivity index (χ2n) is 11.8. The molecule has 0 aliphatic carbocycles. The maximum Gasteiger partial charge on any atom is 0.128 e. The van der Waals surface area contributed by atoms with Gasteiger partial charge in [0.15, 0.2) is 0 Å². The highest BCUT2D eigenvalue weighted by atomic mass is 79.9. The van der Waals surface area contributed by atoms with Gasteiger partial charge < -0.3 is 4.74 Å². The molecule has 0 saturated carbocycles. The smallest absolute Gasteiger partial charge is 0.128 e. The van der Waals surface area contributed by atoms with Gasteiger partial charge in [0.2, 0.25) is 0 Å². The number of aromatic nitrogens is 2. The van der Waals surface area contributed by atoms with Crippen LogP contribution in [0.2, 0.25) is 0 Å². The molecule has 0 N–H and O–H groups in total. The summed E-state index contributed by atoms with van der Waals surface area (Å²) < 4.78 is 8.57. The normalized spacial score (nSPS) is 11.3. The van der Waals surface area contributed by atoms with E-state index in [2.05, 4.69) is 166 Å². The van der Waals surface area contributed by atoms with Crippen LogP contribution < -0.4 is 4.74 Å². The molecular weight excluding hydrogens is 708 g/mol. The van der Waals surface area contributed by atoms with Gasteiger partial charge in [-0.15, -0.1) is 0 Å². The number of pyridine rings is 2. The first-order valence-electron chi connectivity index (χ1n) is 16.2. The summed E-state index contributed by atoms with van der Waals surface area (Å²) in [5.74, 6) is 0.834. The zero-order valence-electron chi connectivity index (χ0n) is 26.2. The third-order valence-electron chi connectivity index (χ3n) is 8.52. The van der Waals surface area contributed by atoms with Crippen molar-refractivity contribution in [2.45, 2.75) is 32.6 Å². The van der Waals surface area contributed by atoms with Gasteiger partial charge in [-0.25, -0.2) is 9.97 Å². The summed E-state index contributed by atoms with van der Waals surface area (Å²) in [6.45, 7) is 2.90. The quantitative estimate of drug-likeness (QED) is 0.131. The monoisotopic (exact) mass is 740 g/mol. The molecule has 5 heteroatoms.